The molecule has 0 aliphatic carbocycles. The fourth-order valence-electron chi connectivity index (χ4n) is 2.53. The van der Waals surface area contributed by atoms with Crippen LogP contribution in [-0.4, -0.2) is 37.6 Å². The van der Waals surface area contributed by atoms with E-state index in [1.54, 1.807) is 14.2 Å². The van der Waals surface area contributed by atoms with Crippen LogP contribution in [0.15, 0.2) is 18.2 Å². The van der Waals surface area contributed by atoms with Gasteiger partial charge in [0.25, 0.3) is 0 Å². The number of amides is 1. The van der Waals surface area contributed by atoms with Crippen LogP contribution in [0.2, 0.25) is 0 Å². The van der Waals surface area contributed by atoms with E-state index in [9.17, 15) is 4.79 Å². The van der Waals surface area contributed by atoms with E-state index in [2.05, 4.69) is 4.90 Å². The molecule has 1 amide bonds. The lowest BCUT2D eigenvalue weighted by molar-refractivity contribution is -0.122. The molecule has 1 aromatic rings. The molecule has 0 aromatic heterocycles. The van der Waals surface area contributed by atoms with E-state index in [4.69, 9.17) is 15.2 Å². The summed E-state index contributed by atoms with van der Waals surface area (Å²) in [6.07, 6.45) is 1.85. The van der Waals surface area contributed by atoms with Crippen molar-refractivity contribution in [3.8, 4) is 11.5 Å². The van der Waals surface area contributed by atoms with Gasteiger partial charge in [-0.3, -0.25) is 9.69 Å². The van der Waals surface area contributed by atoms with Gasteiger partial charge in [0.05, 0.1) is 20.3 Å². The Bertz CT molecular complexity index is 440. The molecular formula is C14H20N2O3. The van der Waals surface area contributed by atoms with Crippen molar-refractivity contribution in [1.82, 2.24) is 4.90 Å². The summed E-state index contributed by atoms with van der Waals surface area (Å²) in [6.45, 7) is 1.58. The molecule has 1 saturated heterocycles. The highest BCUT2D eigenvalue weighted by Gasteiger charge is 2.28. The van der Waals surface area contributed by atoms with Gasteiger partial charge < -0.3 is 15.2 Å². The Kier molecular flexibility index (Phi) is 4.27. The maximum Gasteiger partial charge on any atom is 0.234 e. The van der Waals surface area contributed by atoms with Crippen LogP contribution in [0.5, 0.6) is 11.5 Å². The number of ether oxygens (including phenoxy) is 2. The first-order chi connectivity index (χ1) is 9.13. The molecule has 1 fully saturated rings. The number of nitrogens with two attached hydrogens (primary N) is 1. The maximum absolute atomic E-state index is 11.4. The zero-order valence-corrected chi connectivity index (χ0v) is 11.4. The Labute approximate surface area is 113 Å². The van der Waals surface area contributed by atoms with E-state index in [0.29, 0.717) is 6.54 Å². The summed E-state index contributed by atoms with van der Waals surface area (Å²) in [5, 5.41) is 0. The second-order valence-electron chi connectivity index (χ2n) is 4.75. The number of benzene rings is 1. The smallest absolute Gasteiger partial charge is 0.234 e. The molecule has 5 nitrogen and oxygen atoms in total. The molecule has 1 heterocycles. The maximum atomic E-state index is 11.4. The number of nitrogens with zero attached hydrogens (tertiary/aromatic N) is 1. The molecule has 1 aliphatic heterocycles. The van der Waals surface area contributed by atoms with Crippen LogP contribution < -0.4 is 15.2 Å². The number of methoxy groups -OCH3 is 2. The molecule has 0 saturated carbocycles. The first-order valence-corrected chi connectivity index (χ1v) is 6.39. The molecule has 2 rings (SSSR count). The Balaban J connectivity index is 2.16. The third-order valence-electron chi connectivity index (χ3n) is 3.49. The van der Waals surface area contributed by atoms with Gasteiger partial charge in [-0.25, -0.2) is 0 Å². The van der Waals surface area contributed by atoms with Gasteiger partial charge in [-0.05, 0) is 37.1 Å². The van der Waals surface area contributed by atoms with E-state index in [-0.39, 0.29) is 11.9 Å². The topological polar surface area (TPSA) is 64.8 Å². The fourth-order valence-corrected chi connectivity index (χ4v) is 2.53. The molecule has 2 N–H and O–H groups in total. The van der Waals surface area contributed by atoms with Crippen LogP contribution in [0.25, 0.3) is 0 Å². The summed E-state index contributed by atoms with van der Waals surface area (Å²) >= 11 is 0. The molecule has 0 spiro atoms. The Morgan fingerprint density at radius 1 is 1.32 bits per heavy atom. The molecule has 1 aliphatic rings. The van der Waals surface area contributed by atoms with Crippen LogP contribution >= 0.6 is 0 Å². The molecule has 5 heteroatoms. The second-order valence-corrected chi connectivity index (χ2v) is 4.75. The van der Waals surface area contributed by atoms with E-state index < -0.39 is 0 Å². The van der Waals surface area contributed by atoms with Gasteiger partial charge >= 0.3 is 0 Å². The Hall–Kier alpha value is -1.75. The zero-order chi connectivity index (χ0) is 13.8. The minimum absolute atomic E-state index is 0.155. The van der Waals surface area contributed by atoms with Crippen molar-refractivity contribution in [2.24, 2.45) is 5.73 Å². The second kappa shape index (κ2) is 5.93. The van der Waals surface area contributed by atoms with E-state index >= 15 is 0 Å². The first-order valence-electron chi connectivity index (χ1n) is 6.39. The van der Waals surface area contributed by atoms with Gasteiger partial charge in [-0.2, -0.15) is 0 Å². The number of likely N-dealkylation sites (tertiary alicyclic amines) is 1. The van der Waals surface area contributed by atoms with Gasteiger partial charge in [0.2, 0.25) is 5.91 Å². The summed E-state index contributed by atoms with van der Waals surface area (Å²) in [5.41, 5.74) is 6.48. The highest BCUT2D eigenvalue weighted by Crippen LogP contribution is 2.26. The van der Waals surface area contributed by atoms with Crippen molar-refractivity contribution < 1.29 is 14.3 Å². The number of carbonyl (C=O) groups excluding carboxylic acids is 1. The van der Waals surface area contributed by atoms with Crippen LogP contribution in [0.3, 0.4) is 0 Å². The van der Waals surface area contributed by atoms with Gasteiger partial charge in [0.1, 0.15) is 11.5 Å². The highest BCUT2D eigenvalue weighted by atomic mass is 16.5. The molecule has 0 radical (unpaired) electrons. The number of hydrogen-bond acceptors (Lipinski definition) is 4. The lowest BCUT2D eigenvalue weighted by Gasteiger charge is -2.22. The van der Waals surface area contributed by atoms with E-state index in [0.717, 1.165) is 36.4 Å². The predicted molar refractivity (Wildman–Crippen MR) is 72.2 cm³/mol. The minimum atomic E-state index is -0.243. The summed E-state index contributed by atoms with van der Waals surface area (Å²) in [4.78, 5) is 13.5. The molecule has 1 atom stereocenters. The SMILES string of the molecule is COc1cc(CN2CCCC2C(N)=O)cc(OC)c1. The van der Waals surface area contributed by atoms with Gasteiger partial charge in [-0.1, -0.05) is 0 Å². The van der Waals surface area contributed by atoms with Gasteiger partial charge in [-0.15, -0.1) is 0 Å². The van der Waals surface area contributed by atoms with Crippen LogP contribution in [0.1, 0.15) is 18.4 Å². The lowest BCUT2D eigenvalue weighted by Crippen LogP contribution is -2.39. The number of primary amides is 1. The third-order valence-corrected chi connectivity index (χ3v) is 3.49. The van der Waals surface area contributed by atoms with Gasteiger partial charge in [0.15, 0.2) is 0 Å². The van der Waals surface area contributed by atoms with Crippen LogP contribution in [0.4, 0.5) is 0 Å². The average Bonchev–Trinajstić information content (AvgIpc) is 2.86. The zero-order valence-electron chi connectivity index (χ0n) is 11.4. The summed E-state index contributed by atoms with van der Waals surface area (Å²) in [6, 6.07) is 5.59. The normalized spacial score (nSPS) is 19.4. The van der Waals surface area contributed by atoms with Crippen molar-refractivity contribution in [2.75, 3.05) is 20.8 Å². The first kappa shape index (κ1) is 13.7. The Morgan fingerprint density at radius 3 is 2.47 bits per heavy atom. The molecule has 1 aromatic carbocycles. The summed E-state index contributed by atoms with van der Waals surface area (Å²) in [5.74, 6) is 1.26. The molecule has 19 heavy (non-hydrogen) atoms. The van der Waals surface area contributed by atoms with Crippen molar-refractivity contribution >= 4 is 5.91 Å². The summed E-state index contributed by atoms with van der Waals surface area (Å²) < 4.78 is 10.5. The van der Waals surface area contributed by atoms with E-state index in [1.165, 1.54) is 0 Å². The standard InChI is InChI=1S/C14H20N2O3/c1-18-11-6-10(7-12(8-11)19-2)9-16-5-3-4-13(16)14(15)17/h6-8,13H,3-5,9H2,1-2H3,(H2,15,17). The number of hydrogen-bond donors (Lipinski definition) is 1. The van der Waals surface area contributed by atoms with Gasteiger partial charge in [0, 0.05) is 12.6 Å². The average molecular weight is 264 g/mol. The van der Waals surface area contributed by atoms with Crippen molar-refractivity contribution in [3.63, 3.8) is 0 Å². The molecule has 0 bridgehead atoms. The lowest BCUT2D eigenvalue weighted by atomic mass is 10.1. The monoisotopic (exact) mass is 264 g/mol. The minimum Gasteiger partial charge on any atom is -0.497 e. The molecular weight excluding hydrogens is 244 g/mol. The van der Waals surface area contributed by atoms with E-state index in [1.807, 2.05) is 18.2 Å². The third kappa shape index (κ3) is 3.17. The van der Waals surface area contributed by atoms with Crippen molar-refractivity contribution in [3.05, 3.63) is 23.8 Å². The Morgan fingerprint density at radius 2 is 1.95 bits per heavy atom. The van der Waals surface area contributed by atoms with Crippen LogP contribution in [-0.2, 0) is 11.3 Å². The molecule has 1 unspecified atom stereocenters. The predicted octanol–water partition coefficient (Wildman–Crippen LogP) is 1.15. The quantitative estimate of drug-likeness (QED) is 0.866. The fraction of sp³-hybridized carbons (Fsp3) is 0.500. The number of carbonyl (C=O) groups is 1. The van der Waals surface area contributed by atoms with Crippen molar-refractivity contribution in [2.45, 2.75) is 25.4 Å². The number of rotatable bonds is 5. The summed E-state index contributed by atoms with van der Waals surface area (Å²) in [7, 11) is 3.25. The van der Waals surface area contributed by atoms with Crippen molar-refractivity contribution in [1.29, 1.82) is 0 Å². The largest absolute Gasteiger partial charge is 0.497 e. The molecule has 104 valence electrons. The van der Waals surface area contributed by atoms with Crippen LogP contribution in [0, 0.1) is 0 Å². The highest BCUT2D eigenvalue weighted by molar-refractivity contribution is 5.80.